The molecule has 0 radical (unpaired) electrons. The number of nitrogens with zero attached hydrogens (tertiary/aromatic N) is 1. The molecule has 0 aromatic rings. The SMILES string of the molecule is CC(=O)OC1(C)C(C)C2(C)CCC1(C)C2.CS(=O)(=O)ON1C(=O)C=CC1=O. The number of fused-ring (bicyclic) bond motifs is 2. The van der Waals surface area contributed by atoms with Gasteiger partial charge in [0.2, 0.25) is 0 Å². The van der Waals surface area contributed by atoms with Gasteiger partial charge >= 0.3 is 5.97 Å². The summed E-state index contributed by atoms with van der Waals surface area (Å²) in [5.41, 5.74) is 0.303. The Hall–Kier alpha value is -1.74. The molecule has 9 heteroatoms. The van der Waals surface area contributed by atoms with Crippen molar-refractivity contribution in [2.75, 3.05) is 6.26 Å². The number of carbonyl (C=O) groups is 3. The molecule has 2 amide bonds. The van der Waals surface area contributed by atoms with Crippen molar-refractivity contribution in [3.8, 4) is 0 Å². The van der Waals surface area contributed by atoms with E-state index < -0.39 is 21.9 Å². The molecule has 2 aliphatic carbocycles. The van der Waals surface area contributed by atoms with E-state index >= 15 is 0 Å². The van der Waals surface area contributed by atoms with Crippen LogP contribution in [0.5, 0.6) is 0 Å². The van der Waals surface area contributed by atoms with Crippen molar-refractivity contribution in [1.29, 1.82) is 0 Å². The van der Waals surface area contributed by atoms with E-state index in [0.717, 1.165) is 18.4 Å². The Morgan fingerprint density at radius 2 is 1.67 bits per heavy atom. The first-order valence-corrected chi connectivity index (χ1v) is 10.6. The van der Waals surface area contributed by atoms with E-state index in [0.29, 0.717) is 11.3 Å². The molecule has 2 bridgehead atoms. The summed E-state index contributed by atoms with van der Waals surface area (Å²) in [4.78, 5) is 32.6. The Morgan fingerprint density at radius 3 is 2.04 bits per heavy atom. The van der Waals surface area contributed by atoms with Gasteiger partial charge in [-0.05, 0) is 31.6 Å². The van der Waals surface area contributed by atoms with Gasteiger partial charge in [0.1, 0.15) is 5.60 Å². The average molecular weight is 401 g/mol. The lowest BCUT2D eigenvalue weighted by atomic mass is 9.66. The maximum Gasteiger partial charge on any atom is 0.303 e. The van der Waals surface area contributed by atoms with Crippen molar-refractivity contribution in [2.24, 2.45) is 16.7 Å². The summed E-state index contributed by atoms with van der Waals surface area (Å²) >= 11 is 0. The van der Waals surface area contributed by atoms with Crippen LogP contribution >= 0.6 is 0 Å². The molecule has 4 unspecified atom stereocenters. The number of hydrogen-bond acceptors (Lipinski definition) is 7. The van der Waals surface area contributed by atoms with Gasteiger partial charge in [-0.15, -0.1) is 9.35 Å². The van der Waals surface area contributed by atoms with Gasteiger partial charge in [0, 0.05) is 30.4 Å². The summed E-state index contributed by atoms with van der Waals surface area (Å²) in [5, 5.41) is 0.176. The monoisotopic (exact) mass is 401 g/mol. The van der Waals surface area contributed by atoms with Crippen LogP contribution in [0.2, 0.25) is 0 Å². The highest BCUT2D eigenvalue weighted by Gasteiger charge is 2.67. The lowest BCUT2D eigenvalue weighted by molar-refractivity contribution is -0.178. The van der Waals surface area contributed by atoms with Gasteiger partial charge < -0.3 is 4.74 Å². The first kappa shape index (κ1) is 21.6. The number of amides is 2. The second-order valence-corrected chi connectivity index (χ2v) is 9.95. The Labute approximate surface area is 160 Å². The summed E-state index contributed by atoms with van der Waals surface area (Å²) in [6.07, 6.45) is 6.26. The number of imide groups is 1. The zero-order valence-corrected chi connectivity index (χ0v) is 17.4. The first-order chi connectivity index (χ1) is 12.1. The minimum atomic E-state index is -3.83. The number of hydroxylamine groups is 2. The average Bonchev–Trinajstić information content (AvgIpc) is 3.04. The molecule has 2 fully saturated rings. The molecule has 3 aliphatic rings. The van der Waals surface area contributed by atoms with Crippen LogP contribution in [0.1, 0.15) is 53.9 Å². The molecule has 0 N–H and O–H groups in total. The zero-order valence-electron chi connectivity index (χ0n) is 16.6. The molecule has 27 heavy (non-hydrogen) atoms. The highest BCUT2D eigenvalue weighted by molar-refractivity contribution is 7.85. The van der Waals surface area contributed by atoms with E-state index in [4.69, 9.17) is 4.74 Å². The van der Waals surface area contributed by atoms with Crippen LogP contribution in [-0.2, 0) is 33.5 Å². The zero-order chi connectivity index (χ0) is 20.8. The maximum absolute atomic E-state index is 11.3. The molecule has 8 nitrogen and oxygen atoms in total. The number of carbonyl (C=O) groups excluding carboxylic acids is 3. The second kappa shape index (κ2) is 6.70. The molecule has 1 heterocycles. The Kier molecular flexibility index (Phi) is 5.35. The molecule has 0 spiro atoms. The number of esters is 1. The summed E-state index contributed by atoms with van der Waals surface area (Å²) in [7, 11) is -3.83. The van der Waals surface area contributed by atoms with E-state index in [1.807, 2.05) is 0 Å². The van der Waals surface area contributed by atoms with Crippen molar-refractivity contribution in [2.45, 2.75) is 59.5 Å². The fraction of sp³-hybridized carbons (Fsp3) is 0.722. The fourth-order valence-corrected chi connectivity index (χ4v) is 5.13. The van der Waals surface area contributed by atoms with Gasteiger partial charge in [0.05, 0.1) is 6.26 Å². The van der Waals surface area contributed by atoms with Gasteiger partial charge in [-0.25, -0.2) is 0 Å². The summed E-state index contributed by atoms with van der Waals surface area (Å²) in [5.74, 6) is -1.27. The number of hydrogen-bond donors (Lipinski definition) is 0. The standard InChI is InChI=1S/C13H22O2.C5H5NO5S/c1-9-11(3)6-7-12(4,8-11)13(9,5)15-10(2)14;1-12(9,10)11-6-4(7)2-3-5(6)8/h9H,6-8H2,1-5H3;2-3H,1H3. The van der Waals surface area contributed by atoms with E-state index in [1.54, 1.807) is 0 Å². The summed E-state index contributed by atoms with van der Waals surface area (Å²) < 4.78 is 30.7. The third-order valence-corrected chi connectivity index (χ3v) is 6.87. The van der Waals surface area contributed by atoms with Crippen molar-refractivity contribution < 1.29 is 31.8 Å². The van der Waals surface area contributed by atoms with E-state index in [1.165, 1.54) is 26.2 Å². The molecule has 3 rings (SSSR count). The summed E-state index contributed by atoms with van der Waals surface area (Å²) in [6, 6.07) is 0. The molecule has 0 aromatic carbocycles. The fourth-order valence-electron chi connectivity index (χ4n) is 4.72. The third-order valence-electron chi connectivity index (χ3n) is 6.45. The Morgan fingerprint density at radius 1 is 1.15 bits per heavy atom. The largest absolute Gasteiger partial charge is 0.459 e. The van der Waals surface area contributed by atoms with Crippen molar-refractivity contribution in [3.05, 3.63) is 12.2 Å². The van der Waals surface area contributed by atoms with Crippen LogP contribution in [0.25, 0.3) is 0 Å². The van der Waals surface area contributed by atoms with Gasteiger partial charge in [-0.1, -0.05) is 20.8 Å². The van der Waals surface area contributed by atoms with Gasteiger partial charge in [0.25, 0.3) is 21.9 Å². The van der Waals surface area contributed by atoms with E-state index in [9.17, 15) is 22.8 Å². The molecule has 0 saturated heterocycles. The minimum Gasteiger partial charge on any atom is -0.459 e. The quantitative estimate of drug-likeness (QED) is 0.525. The number of rotatable bonds is 3. The van der Waals surface area contributed by atoms with Gasteiger partial charge in [-0.3, -0.25) is 14.4 Å². The van der Waals surface area contributed by atoms with Gasteiger partial charge in [0.15, 0.2) is 0 Å². The van der Waals surface area contributed by atoms with Crippen molar-refractivity contribution in [1.82, 2.24) is 5.06 Å². The third kappa shape index (κ3) is 3.94. The molecule has 152 valence electrons. The molecule has 0 aromatic heterocycles. The lowest BCUT2D eigenvalue weighted by Gasteiger charge is -2.46. The van der Waals surface area contributed by atoms with Crippen LogP contribution in [0, 0.1) is 16.7 Å². The topological polar surface area (TPSA) is 107 Å². The molecule has 4 atom stereocenters. The van der Waals surface area contributed by atoms with Gasteiger partial charge in [-0.2, -0.15) is 8.42 Å². The summed E-state index contributed by atoms with van der Waals surface area (Å²) in [6.45, 7) is 10.5. The van der Waals surface area contributed by atoms with E-state index in [2.05, 4.69) is 32.0 Å². The predicted octanol–water partition coefficient (Wildman–Crippen LogP) is 1.96. The molecule has 1 aliphatic heterocycles. The molecular formula is C18H27NO7S. The lowest BCUT2D eigenvalue weighted by Crippen LogP contribution is -2.50. The first-order valence-electron chi connectivity index (χ1n) is 8.79. The van der Waals surface area contributed by atoms with Crippen LogP contribution in [-0.4, -0.2) is 43.1 Å². The Bertz CT molecular complexity index is 787. The van der Waals surface area contributed by atoms with Crippen molar-refractivity contribution >= 4 is 27.9 Å². The highest BCUT2D eigenvalue weighted by atomic mass is 32.2. The maximum atomic E-state index is 11.3. The van der Waals surface area contributed by atoms with Crippen LogP contribution in [0.15, 0.2) is 12.2 Å². The van der Waals surface area contributed by atoms with Crippen molar-refractivity contribution in [3.63, 3.8) is 0 Å². The molecular weight excluding hydrogens is 374 g/mol. The normalized spacial score (nSPS) is 37.4. The predicted molar refractivity (Wildman–Crippen MR) is 96.3 cm³/mol. The second-order valence-electron chi connectivity index (χ2n) is 8.40. The molecule has 2 saturated carbocycles. The Balaban J connectivity index is 0.000000199. The number of ether oxygens (including phenoxy) is 1. The minimum absolute atomic E-state index is 0.137. The highest BCUT2D eigenvalue weighted by Crippen LogP contribution is 2.69. The van der Waals surface area contributed by atoms with Crippen LogP contribution in [0.4, 0.5) is 0 Å². The smallest absolute Gasteiger partial charge is 0.303 e. The van der Waals surface area contributed by atoms with Crippen LogP contribution < -0.4 is 0 Å². The van der Waals surface area contributed by atoms with E-state index in [-0.39, 0.29) is 22.0 Å². The van der Waals surface area contributed by atoms with Crippen LogP contribution in [0.3, 0.4) is 0 Å².